The Hall–Kier alpha value is -3.39. The van der Waals surface area contributed by atoms with E-state index in [4.69, 9.17) is 5.26 Å². The molecule has 3 aromatic rings. The molecule has 5 heteroatoms. The lowest BCUT2D eigenvalue weighted by molar-refractivity contribution is 0.102. The first kappa shape index (κ1) is 14.5. The maximum Gasteiger partial charge on any atom is 0.255 e. The van der Waals surface area contributed by atoms with E-state index in [1.54, 1.807) is 43.3 Å². The number of carbonyl (C=O) groups excluding carboxylic acids is 1. The van der Waals surface area contributed by atoms with Crippen molar-refractivity contribution in [3.05, 3.63) is 75.6 Å². The molecule has 23 heavy (non-hydrogen) atoms. The van der Waals surface area contributed by atoms with E-state index in [0.717, 1.165) is 5.39 Å². The molecular formula is C18H13N3O2. The molecule has 0 fully saturated rings. The van der Waals surface area contributed by atoms with Crippen molar-refractivity contribution < 1.29 is 4.79 Å². The van der Waals surface area contributed by atoms with Gasteiger partial charge in [0.2, 0.25) is 0 Å². The number of aromatic nitrogens is 1. The Morgan fingerprint density at radius 1 is 1.17 bits per heavy atom. The van der Waals surface area contributed by atoms with Gasteiger partial charge in [-0.15, -0.1) is 0 Å². The van der Waals surface area contributed by atoms with Gasteiger partial charge in [-0.3, -0.25) is 9.59 Å². The van der Waals surface area contributed by atoms with Crippen molar-refractivity contribution in [2.75, 3.05) is 5.32 Å². The Labute approximate surface area is 132 Å². The Balaban J connectivity index is 1.92. The molecule has 0 atom stereocenters. The van der Waals surface area contributed by atoms with Gasteiger partial charge in [-0.1, -0.05) is 12.1 Å². The number of pyridine rings is 1. The van der Waals surface area contributed by atoms with Gasteiger partial charge >= 0.3 is 0 Å². The second-order valence-corrected chi connectivity index (χ2v) is 5.23. The number of benzene rings is 2. The number of H-pyrrole nitrogens is 1. The molecule has 0 saturated heterocycles. The van der Waals surface area contributed by atoms with Crippen LogP contribution in [0.4, 0.5) is 5.69 Å². The summed E-state index contributed by atoms with van der Waals surface area (Å²) >= 11 is 0. The fourth-order valence-corrected chi connectivity index (χ4v) is 2.32. The predicted octanol–water partition coefficient (Wildman–Crippen LogP) is 2.96. The van der Waals surface area contributed by atoms with Crippen molar-refractivity contribution in [3.63, 3.8) is 0 Å². The number of nitrogens with zero attached hydrogens (tertiary/aromatic N) is 1. The number of amides is 1. The molecule has 0 saturated carbocycles. The quantitative estimate of drug-likeness (QED) is 0.763. The fourth-order valence-electron chi connectivity index (χ4n) is 2.32. The Morgan fingerprint density at radius 2 is 2.00 bits per heavy atom. The van der Waals surface area contributed by atoms with Crippen LogP contribution in [0.2, 0.25) is 0 Å². The van der Waals surface area contributed by atoms with Gasteiger partial charge in [-0.25, -0.2) is 0 Å². The molecule has 0 aliphatic rings. The van der Waals surface area contributed by atoms with Gasteiger partial charge in [-0.2, -0.15) is 5.26 Å². The number of hydrogen-bond acceptors (Lipinski definition) is 3. The first-order valence-corrected chi connectivity index (χ1v) is 7.02. The SMILES string of the molecule is Cc1cc2ccc(NC(=O)c3cccc(C#N)c3)cc2[nH]c1=O. The molecular weight excluding hydrogens is 290 g/mol. The highest BCUT2D eigenvalue weighted by molar-refractivity contribution is 6.05. The summed E-state index contributed by atoms with van der Waals surface area (Å²) < 4.78 is 0. The van der Waals surface area contributed by atoms with Crippen LogP contribution in [0, 0.1) is 18.3 Å². The molecule has 1 heterocycles. The Kier molecular flexibility index (Phi) is 3.65. The number of rotatable bonds is 2. The number of fused-ring (bicyclic) bond motifs is 1. The summed E-state index contributed by atoms with van der Waals surface area (Å²) in [5.41, 5.74) is 2.55. The molecule has 2 aromatic carbocycles. The van der Waals surface area contributed by atoms with Crippen LogP contribution < -0.4 is 10.9 Å². The largest absolute Gasteiger partial charge is 0.322 e. The summed E-state index contributed by atoms with van der Waals surface area (Å²) in [6, 6.07) is 15.6. The van der Waals surface area contributed by atoms with Gasteiger partial charge in [-0.05, 0) is 48.7 Å². The standard InChI is InChI=1S/C18H13N3O2/c1-11-7-13-5-6-15(9-16(13)21-17(11)22)20-18(23)14-4-2-3-12(8-14)10-19/h2-9H,1H3,(H,20,23)(H,21,22). The Morgan fingerprint density at radius 3 is 2.78 bits per heavy atom. The van der Waals surface area contributed by atoms with Crippen LogP contribution in [0.15, 0.2) is 53.3 Å². The number of nitriles is 1. The van der Waals surface area contributed by atoms with Crippen LogP contribution in [-0.4, -0.2) is 10.9 Å². The zero-order chi connectivity index (χ0) is 16.4. The van der Waals surface area contributed by atoms with E-state index in [2.05, 4.69) is 10.3 Å². The van der Waals surface area contributed by atoms with Crippen molar-refractivity contribution in [2.24, 2.45) is 0 Å². The number of aromatic amines is 1. The molecule has 112 valence electrons. The van der Waals surface area contributed by atoms with Crippen molar-refractivity contribution in [1.29, 1.82) is 5.26 Å². The number of hydrogen-bond donors (Lipinski definition) is 2. The number of nitrogens with one attached hydrogen (secondary N) is 2. The van der Waals surface area contributed by atoms with Crippen LogP contribution in [0.5, 0.6) is 0 Å². The van der Waals surface area contributed by atoms with E-state index in [-0.39, 0.29) is 11.5 Å². The van der Waals surface area contributed by atoms with Crippen molar-refractivity contribution >= 4 is 22.5 Å². The highest BCUT2D eigenvalue weighted by Crippen LogP contribution is 2.18. The molecule has 0 unspecified atom stereocenters. The van der Waals surface area contributed by atoms with Crippen LogP contribution in [0.25, 0.3) is 10.9 Å². The molecule has 0 bridgehead atoms. The molecule has 0 aliphatic heterocycles. The average molecular weight is 303 g/mol. The van der Waals surface area contributed by atoms with Crippen molar-refractivity contribution in [2.45, 2.75) is 6.92 Å². The van der Waals surface area contributed by atoms with Gasteiger partial charge in [0, 0.05) is 16.8 Å². The smallest absolute Gasteiger partial charge is 0.255 e. The van der Waals surface area contributed by atoms with Crippen LogP contribution >= 0.6 is 0 Å². The zero-order valence-electron chi connectivity index (χ0n) is 12.4. The third-order valence-electron chi connectivity index (χ3n) is 3.54. The minimum Gasteiger partial charge on any atom is -0.322 e. The topological polar surface area (TPSA) is 85.8 Å². The van der Waals surface area contributed by atoms with E-state index in [9.17, 15) is 9.59 Å². The van der Waals surface area contributed by atoms with E-state index in [1.165, 1.54) is 6.07 Å². The minimum atomic E-state index is -0.309. The van der Waals surface area contributed by atoms with Gasteiger partial charge in [0.15, 0.2) is 0 Å². The second kappa shape index (κ2) is 5.78. The van der Waals surface area contributed by atoms with E-state index >= 15 is 0 Å². The molecule has 1 aromatic heterocycles. The number of aryl methyl sites for hydroxylation is 1. The van der Waals surface area contributed by atoms with E-state index in [1.807, 2.05) is 12.1 Å². The molecule has 0 radical (unpaired) electrons. The lowest BCUT2D eigenvalue weighted by atomic mass is 10.1. The van der Waals surface area contributed by atoms with Crippen LogP contribution in [0.3, 0.4) is 0 Å². The lowest BCUT2D eigenvalue weighted by Crippen LogP contribution is -2.12. The monoisotopic (exact) mass is 303 g/mol. The average Bonchev–Trinajstić information content (AvgIpc) is 2.56. The fraction of sp³-hybridized carbons (Fsp3) is 0.0556. The van der Waals surface area contributed by atoms with Gasteiger partial charge in [0.05, 0.1) is 17.1 Å². The minimum absolute atomic E-state index is 0.150. The zero-order valence-corrected chi connectivity index (χ0v) is 12.4. The molecule has 3 rings (SSSR count). The molecule has 0 aliphatic carbocycles. The normalized spacial score (nSPS) is 10.3. The molecule has 5 nitrogen and oxygen atoms in total. The van der Waals surface area contributed by atoms with Gasteiger partial charge in [0.1, 0.15) is 0 Å². The summed E-state index contributed by atoms with van der Waals surface area (Å²) in [4.78, 5) is 26.7. The third kappa shape index (κ3) is 2.97. The first-order chi connectivity index (χ1) is 11.1. The van der Waals surface area contributed by atoms with Crippen molar-refractivity contribution in [3.8, 4) is 6.07 Å². The summed E-state index contributed by atoms with van der Waals surface area (Å²) in [7, 11) is 0. The Bertz CT molecular complexity index is 1010. The molecule has 0 spiro atoms. The van der Waals surface area contributed by atoms with Crippen LogP contribution in [0.1, 0.15) is 21.5 Å². The lowest BCUT2D eigenvalue weighted by Gasteiger charge is -2.07. The summed E-state index contributed by atoms with van der Waals surface area (Å²) in [6.45, 7) is 1.75. The highest BCUT2D eigenvalue weighted by atomic mass is 16.1. The van der Waals surface area contributed by atoms with Crippen molar-refractivity contribution in [1.82, 2.24) is 4.98 Å². The highest BCUT2D eigenvalue weighted by Gasteiger charge is 2.08. The third-order valence-corrected chi connectivity index (χ3v) is 3.54. The molecule has 2 N–H and O–H groups in total. The van der Waals surface area contributed by atoms with E-state index < -0.39 is 0 Å². The number of anilines is 1. The number of carbonyl (C=O) groups is 1. The first-order valence-electron chi connectivity index (χ1n) is 7.02. The predicted molar refractivity (Wildman–Crippen MR) is 88.4 cm³/mol. The molecule has 1 amide bonds. The summed E-state index contributed by atoms with van der Waals surface area (Å²) in [5.74, 6) is -0.309. The van der Waals surface area contributed by atoms with Crippen LogP contribution in [-0.2, 0) is 0 Å². The summed E-state index contributed by atoms with van der Waals surface area (Å²) in [5, 5.41) is 12.5. The van der Waals surface area contributed by atoms with E-state index in [0.29, 0.717) is 27.9 Å². The maximum atomic E-state index is 12.2. The summed E-state index contributed by atoms with van der Waals surface area (Å²) in [6.07, 6.45) is 0. The maximum absolute atomic E-state index is 12.2. The van der Waals surface area contributed by atoms with Gasteiger partial charge in [0.25, 0.3) is 11.5 Å². The van der Waals surface area contributed by atoms with Gasteiger partial charge < -0.3 is 10.3 Å². The second-order valence-electron chi connectivity index (χ2n) is 5.23.